The minimum atomic E-state index is -1.95. The fourth-order valence-electron chi connectivity index (χ4n) is 3.98. The second-order valence-electron chi connectivity index (χ2n) is 11.0. The van der Waals surface area contributed by atoms with E-state index in [9.17, 15) is 4.79 Å². The molecule has 0 atom stereocenters. The second kappa shape index (κ2) is 7.89. The van der Waals surface area contributed by atoms with E-state index in [1.165, 1.54) is 0 Å². The molecule has 0 bridgehead atoms. The largest absolute Gasteiger partial charge is 0.542 e. The molecular formula is C21H38O3Si2. The zero-order valence-electron chi connectivity index (χ0n) is 18.4. The van der Waals surface area contributed by atoms with Crippen molar-refractivity contribution >= 4 is 22.9 Å². The van der Waals surface area contributed by atoms with E-state index in [4.69, 9.17) is 8.85 Å². The average molecular weight is 395 g/mol. The molecule has 0 saturated heterocycles. The van der Waals surface area contributed by atoms with Crippen LogP contribution < -0.4 is 8.85 Å². The van der Waals surface area contributed by atoms with Gasteiger partial charge in [0.15, 0.2) is 0 Å². The Morgan fingerprint density at radius 1 is 0.808 bits per heavy atom. The zero-order valence-corrected chi connectivity index (χ0v) is 20.4. The summed E-state index contributed by atoms with van der Waals surface area (Å²) < 4.78 is 13.0. The molecule has 0 spiro atoms. The van der Waals surface area contributed by atoms with Gasteiger partial charge in [0.2, 0.25) is 16.6 Å². The van der Waals surface area contributed by atoms with E-state index < -0.39 is 16.6 Å². The summed E-state index contributed by atoms with van der Waals surface area (Å²) in [5, 5.41) is 0. The van der Waals surface area contributed by atoms with E-state index in [0.717, 1.165) is 29.9 Å². The minimum Gasteiger partial charge on any atom is -0.542 e. The summed E-state index contributed by atoms with van der Waals surface area (Å²) in [6.45, 7) is 22.4. The number of rotatable bonds is 7. The van der Waals surface area contributed by atoms with Gasteiger partial charge in [0.1, 0.15) is 17.8 Å². The van der Waals surface area contributed by atoms with E-state index in [0.29, 0.717) is 5.56 Å². The number of carbonyl (C=O) groups is 1. The molecule has 5 heteroatoms. The molecule has 0 aliphatic heterocycles. The number of carbonyl (C=O) groups excluding carboxylic acids is 1. The summed E-state index contributed by atoms with van der Waals surface area (Å²) in [7, 11) is -3.86. The van der Waals surface area contributed by atoms with Crippen LogP contribution in [0.2, 0.25) is 38.3 Å². The van der Waals surface area contributed by atoms with Crippen LogP contribution in [0.15, 0.2) is 18.2 Å². The van der Waals surface area contributed by atoms with Crippen LogP contribution in [0.5, 0.6) is 11.5 Å². The minimum absolute atomic E-state index is 0.208. The molecule has 1 aromatic rings. The third-order valence-corrected chi connectivity index (χ3v) is 9.16. The van der Waals surface area contributed by atoms with E-state index in [2.05, 4.69) is 67.7 Å². The molecule has 0 amide bonds. The SMILES string of the molecule is CC(C)(C)C[Si](C)(C)Oc1ccc(C=O)cc1O[Si](C)(C)CC(C)(C)C. The molecule has 0 fully saturated rings. The Kier molecular flexibility index (Phi) is 6.97. The Balaban J connectivity index is 3.16. The van der Waals surface area contributed by atoms with Gasteiger partial charge in [0.25, 0.3) is 0 Å². The highest BCUT2D eigenvalue weighted by Gasteiger charge is 2.34. The van der Waals surface area contributed by atoms with Crippen LogP contribution in [-0.2, 0) is 0 Å². The fourth-order valence-corrected chi connectivity index (χ4v) is 10.8. The Labute approximate surface area is 162 Å². The summed E-state index contributed by atoms with van der Waals surface area (Å²) in [6, 6.07) is 7.64. The van der Waals surface area contributed by atoms with E-state index >= 15 is 0 Å². The molecule has 148 valence electrons. The topological polar surface area (TPSA) is 35.5 Å². The summed E-state index contributed by atoms with van der Waals surface area (Å²) in [5.74, 6) is 1.51. The van der Waals surface area contributed by atoms with Gasteiger partial charge in [-0.25, -0.2) is 0 Å². The van der Waals surface area contributed by atoms with Crippen molar-refractivity contribution in [1.82, 2.24) is 0 Å². The fraction of sp³-hybridized carbons (Fsp3) is 0.667. The molecule has 0 radical (unpaired) electrons. The predicted molar refractivity (Wildman–Crippen MR) is 117 cm³/mol. The standard InChI is InChI=1S/C21H38O3Si2/c1-20(2,3)15-25(7,8)23-18-12-11-17(14-22)13-19(18)24-26(9,10)16-21(4,5)6/h11-14H,15-16H2,1-10H3. The van der Waals surface area contributed by atoms with Crippen molar-refractivity contribution in [3.8, 4) is 11.5 Å². The lowest BCUT2D eigenvalue weighted by Crippen LogP contribution is -2.40. The Bertz CT molecular complexity index is 623. The highest BCUT2D eigenvalue weighted by molar-refractivity contribution is 6.72. The molecular weight excluding hydrogens is 356 g/mol. The summed E-state index contributed by atoms with van der Waals surface area (Å²) >= 11 is 0. The van der Waals surface area contributed by atoms with Crippen molar-refractivity contribution in [3.05, 3.63) is 23.8 Å². The molecule has 3 nitrogen and oxygen atoms in total. The second-order valence-corrected chi connectivity index (χ2v) is 19.2. The monoisotopic (exact) mass is 394 g/mol. The molecule has 26 heavy (non-hydrogen) atoms. The van der Waals surface area contributed by atoms with Gasteiger partial charge in [0.05, 0.1) is 0 Å². The van der Waals surface area contributed by atoms with Crippen LogP contribution >= 0.6 is 0 Å². The Morgan fingerprint density at radius 3 is 1.62 bits per heavy atom. The van der Waals surface area contributed by atoms with Crippen molar-refractivity contribution in [2.75, 3.05) is 0 Å². The molecule has 0 aliphatic carbocycles. The lowest BCUT2D eigenvalue weighted by Gasteiger charge is -2.34. The lowest BCUT2D eigenvalue weighted by atomic mass is 10.0. The number of hydrogen-bond donors (Lipinski definition) is 0. The lowest BCUT2D eigenvalue weighted by molar-refractivity contribution is 0.112. The van der Waals surface area contributed by atoms with E-state index in [1.54, 1.807) is 0 Å². The van der Waals surface area contributed by atoms with Crippen LogP contribution in [0.1, 0.15) is 51.9 Å². The maximum atomic E-state index is 11.3. The highest BCUT2D eigenvalue weighted by atomic mass is 28.4. The van der Waals surface area contributed by atoms with Crippen molar-refractivity contribution in [2.24, 2.45) is 10.8 Å². The third-order valence-electron chi connectivity index (χ3n) is 3.79. The number of aldehydes is 1. The number of hydrogen-bond acceptors (Lipinski definition) is 3. The van der Waals surface area contributed by atoms with E-state index in [-0.39, 0.29) is 10.8 Å². The highest BCUT2D eigenvalue weighted by Crippen LogP contribution is 2.37. The first-order valence-electron chi connectivity index (χ1n) is 9.49. The summed E-state index contributed by atoms with van der Waals surface area (Å²) in [6.07, 6.45) is 0.868. The van der Waals surface area contributed by atoms with Crippen molar-refractivity contribution in [2.45, 2.75) is 79.8 Å². The van der Waals surface area contributed by atoms with Crippen LogP contribution in [-0.4, -0.2) is 22.9 Å². The van der Waals surface area contributed by atoms with Gasteiger partial charge in [-0.05, 0) is 67.3 Å². The van der Waals surface area contributed by atoms with Gasteiger partial charge in [-0.15, -0.1) is 0 Å². The Morgan fingerprint density at radius 2 is 1.23 bits per heavy atom. The molecule has 1 rings (SSSR count). The van der Waals surface area contributed by atoms with Crippen molar-refractivity contribution < 1.29 is 13.6 Å². The third kappa shape index (κ3) is 8.54. The molecule has 0 aromatic heterocycles. The normalized spacial score (nSPS) is 13.5. The first kappa shape index (κ1) is 23.0. The first-order chi connectivity index (χ1) is 11.5. The average Bonchev–Trinajstić information content (AvgIpc) is 2.34. The van der Waals surface area contributed by atoms with Gasteiger partial charge in [0, 0.05) is 5.56 Å². The van der Waals surface area contributed by atoms with Crippen LogP contribution in [0.3, 0.4) is 0 Å². The maximum Gasteiger partial charge on any atom is 0.245 e. The van der Waals surface area contributed by atoms with Gasteiger partial charge >= 0.3 is 0 Å². The first-order valence-corrected chi connectivity index (χ1v) is 15.7. The quantitative estimate of drug-likeness (QED) is 0.378. The zero-order chi connectivity index (χ0) is 20.4. The van der Waals surface area contributed by atoms with Crippen molar-refractivity contribution in [1.29, 1.82) is 0 Å². The molecule has 0 saturated carbocycles. The number of benzene rings is 1. The predicted octanol–water partition coefficient (Wildman–Crippen LogP) is 6.76. The smallest absolute Gasteiger partial charge is 0.245 e. The van der Waals surface area contributed by atoms with Gasteiger partial charge < -0.3 is 8.85 Å². The molecule has 1 aromatic carbocycles. The molecule has 0 heterocycles. The van der Waals surface area contributed by atoms with Crippen LogP contribution in [0.25, 0.3) is 0 Å². The molecule has 0 N–H and O–H groups in total. The van der Waals surface area contributed by atoms with Gasteiger partial charge in [-0.3, -0.25) is 4.79 Å². The van der Waals surface area contributed by atoms with Crippen LogP contribution in [0.4, 0.5) is 0 Å². The van der Waals surface area contributed by atoms with E-state index in [1.807, 2.05) is 18.2 Å². The van der Waals surface area contributed by atoms with Crippen LogP contribution in [0, 0.1) is 10.8 Å². The summed E-state index contributed by atoms with van der Waals surface area (Å²) in [5.41, 5.74) is 1.06. The van der Waals surface area contributed by atoms with Crippen molar-refractivity contribution in [3.63, 3.8) is 0 Å². The van der Waals surface area contributed by atoms with Gasteiger partial charge in [-0.1, -0.05) is 41.5 Å². The molecule has 0 unspecified atom stereocenters. The molecule has 0 aliphatic rings. The maximum absolute atomic E-state index is 11.3. The Hall–Kier alpha value is -1.08. The summed E-state index contributed by atoms with van der Waals surface area (Å²) in [4.78, 5) is 11.3. The van der Waals surface area contributed by atoms with Gasteiger partial charge in [-0.2, -0.15) is 0 Å².